The number of carbonyl (C=O) groups excluding carboxylic acids is 1. The van der Waals surface area contributed by atoms with Crippen molar-refractivity contribution in [1.29, 1.82) is 0 Å². The first-order valence-electron chi connectivity index (χ1n) is 10.7. The summed E-state index contributed by atoms with van der Waals surface area (Å²) in [6.07, 6.45) is 9.11. The van der Waals surface area contributed by atoms with Crippen molar-refractivity contribution in [2.75, 3.05) is 0 Å². The summed E-state index contributed by atoms with van der Waals surface area (Å²) in [5, 5.41) is 0. The zero-order chi connectivity index (χ0) is 19.0. The van der Waals surface area contributed by atoms with Crippen LogP contribution in [-0.4, -0.2) is 29.1 Å². The van der Waals surface area contributed by atoms with E-state index in [4.69, 9.17) is 4.74 Å². The predicted octanol–water partition coefficient (Wildman–Crippen LogP) is 4.82. The van der Waals surface area contributed by atoms with Crippen LogP contribution in [0.3, 0.4) is 0 Å². The average Bonchev–Trinajstić information content (AvgIpc) is 3.24. The van der Waals surface area contributed by atoms with Crippen molar-refractivity contribution in [1.82, 2.24) is 4.90 Å². The van der Waals surface area contributed by atoms with Crippen LogP contribution < -0.4 is 0 Å². The summed E-state index contributed by atoms with van der Waals surface area (Å²) in [4.78, 5) is 15.6. The fourth-order valence-electron chi connectivity index (χ4n) is 5.43. The lowest BCUT2D eigenvalue weighted by Crippen LogP contribution is -2.47. The maximum absolute atomic E-state index is 13.3. The molecule has 3 aliphatic rings. The van der Waals surface area contributed by atoms with Crippen molar-refractivity contribution in [2.24, 2.45) is 23.7 Å². The summed E-state index contributed by atoms with van der Waals surface area (Å²) < 4.78 is 6.23. The third-order valence-corrected chi connectivity index (χ3v) is 6.96. The number of hydrogen-bond donors (Lipinski definition) is 0. The number of fused-ring (bicyclic) bond motifs is 2. The van der Waals surface area contributed by atoms with E-state index in [1.807, 2.05) is 6.07 Å². The molecule has 1 aliphatic heterocycles. The number of rotatable bonds is 5. The molecule has 0 spiro atoms. The van der Waals surface area contributed by atoms with Crippen LogP contribution in [-0.2, 0) is 16.1 Å². The molecule has 1 aromatic rings. The van der Waals surface area contributed by atoms with Crippen LogP contribution in [0.25, 0.3) is 0 Å². The number of ether oxygens (including phenoxy) is 1. The van der Waals surface area contributed by atoms with E-state index in [-0.39, 0.29) is 18.1 Å². The molecule has 27 heavy (non-hydrogen) atoms. The van der Waals surface area contributed by atoms with E-state index in [9.17, 15) is 4.79 Å². The smallest absolute Gasteiger partial charge is 0.324 e. The molecule has 0 N–H and O–H groups in total. The van der Waals surface area contributed by atoms with Crippen LogP contribution in [0.2, 0.25) is 0 Å². The van der Waals surface area contributed by atoms with Crippen LogP contribution in [0.15, 0.2) is 42.5 Å². The molecule has 2 fully saturated rings. The van der Waals surface area contributed by atoms with Gasteiger partial charge in [0.05, 0.1) is 0 Å². The van der Waals surface area contributed by atoms with Crippen molar-refractivity contribution in [3.8, 4) is 0 Å². The highest BCUT2D eigenvalue weighted by Gasteiger charge is 2.48. The van der Waals surface area contributed by atoms with E-state index < -0.39 is 0 Å². The van der Waals surface area contributed by atoms with Crippen LogP contribution in [0.4, 0.5) is 0 Å². The zero-order valence-electron chi connectivity index (χ0n) is 16.9. The van der Waals surface area contributed by atoms with Crippen molar-refractivity contribution in [3.63, 3.8) is 0 Å². The fraction of sp³-hybridized carbons (Fsp3) is 0.625. The minimum atomic E-state index is -0.120. The lowest BCUT2D eigenvalue weighted by Gasteiger charge is -2.38. The molecule has 0 unspecified atom stereocenters. The largest absolute Gasteiger partial charge is 0.461 e. The highest BCUT2D eigenvalue weighted by Crippen LogP contribution is 2.41. The molecule has 2 aliphatic carbocycles. The molecular formula is C24H33NO2. The van der Waals surface area contributed by atoms with Crippen molar-refractivity contribution < 1.29 is 9.53 Å². The monoisotopic (exact) mass is 367 g/mol. The second-order valence-corrected chi connectivity index (χ2v) is 9.26. The summed E-state index contributed by atoms with van der Waals surface area (Å²) in [6.45, 7) is 7.65. The maximum atomic E-state index is 13.3. The molecule has 3 heteroatoms. The highest BCUT2D eigenvalue weighted by atomic mass is 16.5. The van der Waals surface area contributed by atoms with Crippen molar-refractivity contribution in [2.45, 2.75) is 71.2 Å². The first-order chi connectivity index (χ1) is 13.0. The van der Waals surface area contributed by atoms with Gasteiger partial charge in [-0.15, -0.1) is 0 Å². The second kappa shape index (κ2) is 7.79. The van der Waals surface area contributed by atoms with E-state index in [1.165, 1.54) is 18.4 Å². The third kappa shape index (κ3) is 3.85. The first-order valence-corrected chi connectivity index (χ1v) is 10.7. The lowest BCUT2D eigenvalue weighted by molar-refractivity contribution is -0.163. The molecular weight excluding hydrogens is 334 g/mol. The average molecular weight is 368 g/mol. The quantitative estimate of drug-likeness (QED) is 0.552. The Morgan fingerprint density at radius 3 is 2.67 bits per heavy atom. The van der Waals surface area contributed by atoms with Gasteiger partial charge in [-0.05, 0) is 42.6 Å². The Morgan fingerprint density at radius 2 is 1.93 bits per heavy atom. The van der Waals surface area contributed by atoms with Crippen LogP contribution in [0.5, 0.6) is 0 Å². The summed E-state index contributed by atoms with van der Waals surface area (Å²) in [6, 6.07) is 10.7. The third-order valence-electron chi connectivity index (χ3n) is 6.96. The standard InChI is InChI=1S/C24H33NO2/c1-16(2)21-12-9-17(3)13-22(21)27-24(26)23-19-10-11-20(14-19)25(23)15-18-7-5-4-6-8-18/h4-8,10-11,16-17,19-23H,9,12-15H2,1-3H3/t17-,19+,20-,21+,22-,23+/m1/s1. The van der Waals surface area contributed by atoms with E-state index in [1.54, 1.807) is 0 Å². The van der Waals surface area contributed by atoms with Crippen molar-refractivity contribution >= 4 is 5.97 Å². The summed E-state index contributed by atoms with van der Waals surface area (Å²) in [7, 11) is 0. The molecule has 3 nitrogen and oxygen atoms in total. The Bertz CT molecular complexity index is 683. The van der Waals surface area contributed by atoms with Crippen molar-refractivity contribution in [3.05, 3.63) is 48.0 Å². The van der Waals surface area contributed by atoms with Gasteiger partial charge in [0.1, 0.15) is 12.1 Å². The summed E-state index contributed by atoms with van der Waals surface area (Å²) >= 11 is 0. The van der Waals surface area contributed by atoms with Gasteiger partial charge in [-0.1, -0.05) is 69.7 Å². The van der Waals surface area contributed by atoms with E-state index in [0.717, 1.165) is 19.4 Å². The number of nitrogens with zero attached hydrogens (tertiary/aromatic N) is 1. The molecule has 0 radical (unpaired) electrons. The van der Waals surface area contributed by atoms with Gasteiger partial charge in [-0.3, -0.25) is 9.69 Å². The minimum Gasteiger partial charge on any atom is -0.461 e. The molecule has 6 atom stereocenters. The Balaban J connectivity index is 1.48. The van der Waals surface area contributed by atoms with E-state index in [2.05, 4.69) is 62.1 Å². The first kappa shape index (κ1) is 18.7. The number of carbonyl (C=O) groups is 1. The summed E-state index contributed by atoms with van der Waals surface area (Å²) in [5.41, 5.74) is 1.27. The fourth-order valence-corrected chi connectivity index (χ4v) is 5.43. The van der Waals surface area contributed by atoms with Gasteiger partial charge in [0.25, 0.3) is 0 Å². The van der Waals surface area contributed by atoms with E-state index in [0.29, 0.717) is 29.7 Å². The molecule has 0 aromatic heterocycles. The number of esters is 1. The molecule has 2 bridgehead atoms. The van der Waals surface area contributed by atoms with Crippen LogP contribution >= 0.6 is 0 Å². The van der Waals surface area contributed by atoms with Crippen LogP contribution in [0.1, 0.15) is 52.0 Å². The Labute approximate surface area is 163 Å². The number of benzene rings is 1. The van der Waals surface area contributed by atoms with Crippen LogP contribution in [0, 0.1) is 23.7 Å². The van der Waals surface area contributed by atoms with E-state index >= 15 is 0 Å². The Morgan fingerprint density at radius 1 is 1.15 bits per heavy atom. The molecule has 1 aromatic carbocycles. The molecule has 4 rings (SSSR count). The normalized spacial score (nSPS) is 35.7. The molecule has 1 saturated heterocycles. The number of hydrogen-bond acceptors (Lipinski definition) is 3. The Hall–Kier alpha value is -1.61. The van der Waals surface area contributed by atoms with Gasteiger partial charge >= 0.3 is 5.97 Å². The van der Waals surface area contributed by atoms with Gasteiger partial charge < -0.3 is 4.74 Å². The summed E-state index contributed by atoms with van der Waals surface area (Å²) in [5.74, 6) is 2.04. The molecule has 146 valence electrons. The highest BCUT2D eigenvalue weighted by molar-refractivity contribution is 5.78. The maximum Gasteiger partial charge on any atom is 0.324 e. The van der Waals surface area contributed by atoms with Gasteiger partial charge in [-0.2, -0.15) is 0 Å². The molecule has 0 amide bonds. The Kier molecular flexibility index (Phi) is 5.41. The predicted molar refractivity (Wildman–Crippen MR) is 108 cm³/mol. The lowest BCUT2D eigenvalue weighted by atomic mass is 9.75. The van der Waals surface area contributed by atoms with Gasteiger partial charge in [-0.25, -0.2) is 0 Å². The molecule has 1 heterocycles. The SMILES string of the molecule is CC(C)[C@@H]1CC[C@@H](C)C[C@H]1OC(=O)[C@@H]1[C@H]2C=C[C@H](C2)N1Cc1ccccc1. The van der Waals surface area contributed by atoms with Gasteiger partial charge in [0.2, 0.25) is 0 Å². The number of likely N-dealkylation sites (tertiary alicyclic amines) is 1. The van der Waals surface area contributed by atoms with Gasteiger partial charge in [0, 0.05) is 18.5 Å². The van der Waals surface area contributed by atoms with Gasteiger partial charge in [0.15, 0.2) is 0 Å². The second-order valence-electron chi connectivity index (χ2n) is 9.26. The zero-order valence-corrected chi connectivity index (χ0v) is 16.9. The minimum absolute atomic E-state index is 0.00697. The molecule has 1 saturated carbocycles. The topological polar surface area (TPSA) is 29.5 Å².